The van der Waals surface area contributed by atoms with Crippen molar-refractivity contribution >= 4 is 11.8 Å². The molecule has 0 saturated heterocycles. The van der Waals surface area contributed by atoms with Gasteiger partial charge in [0.2, 0.25) is 0 Å². The van der Waals surface area contributed by atoms with Gasteiger partial charge >= 0.3 is 5.97 Å². The number of carbonyl (C=O) groups excluding carboxylic acids is 1. The first-order chi connectivity index (χ1) is 8.56. The number of hydrogen-bond donors (Lipinski definition) is 3. The summed E-state index contributed by atoms with van der Waals surface area (Å²) in [4.78, 5) is 15.7. The van der Waals surface area contributed by atoms with E-state index in [0.717, 1.165) is 0 Å². The lowest BCUT2D eigenvalue weighted by Crippen LogP contribution is -2.43. The van der Waals surface area contributed by atoms with Gasteiger partial charge in [0.25, 0.3) is 0 Å². The highest BCUT2D eigenvalue weighted by Crippen LogP contribution is 2.18. The fourth-order valence-corrected chi connectivity index (χ4v) is 1.29. The number of esters is 1. The van der Waals surface area contributed by atoms with Gasteiger partial charge in [-0.25, -0.2) is 9.78 Å². The van der Waals surface area contributed by atoms with Gasteiger partial charge < -0.3 is 20.3 Å². The maximum Gasteiger partial charge on any atom is 0.341 e. The Balaban J connectivity index is 2.99. The van der Waals surface area contributed by atoms with E-state index in [4.69, 9.17) is 4.74 Å². The Morgan fingerprint density at radius 1 is 1.50 bits per heavy atom. The van der Waals surface area contributed by atoms with Crippen LogP contribution >= 0.6 is 0 Å². The van der Waals surface area contributed by atoms with Gasteiger partial charge in [-0.15, -0.1) is 0 Å². The van der Waals surface area contributed by atoms with Crippen molar-refractivity contribution in [3.63, 3.8) is 0 Å². The zero-order chi connectivity index (χ0) is 13.6. The summed E-state index contributed by atoms with van der Waals surface area (Å²) in [6.07, 6.45) is 1.51. The lowest BCUT2D eigenvalue weighted by Gasteiger charge is -2.27. The maximum atomic E-state index is 11.7. The van der Waals surface area contributed by atoms with Crippen molar-refractivity contribution < 1.29 is 19.7 Å². The number of ether oxygens (including phenoxy) is 1. The van der Waals surface area contributed by atoms with Crippen LogP contribution in [0.4, 0.5) is 5.82 Å². The van der Waals surface area contributed by atoms with Gasteiger partial charge in [0.1, 0.15) is 11.4 Å². The number of aromatic nitrogens is 1. The molecule has 0 aliphatic rings. The van der Waals surface area contributed by atoms with Gasteiger partial charge in [-0.05, 0) is 26.0 Å². The van der Waals surface area contributed by atoms with Crippen LogP contribution in [0.25, 0.3) is 0 Å². The molecular weight excluding hydrogens is 236 g/mol. The smallest absolute Gasteiger partial charge is 0.341 e. The predicted octanol–water partition coefficient (Wildman–Crippen LogP) is 0.413. The standard InChI is InChI=1S/C12H18N2O4/c1-3-18-11(17)9-5-4-6-13-10(9)14-12(2,7-15)8-16/h4-6,15-16H,3,7-8H2,1-2H3,(H,13,14). The second-order valence-electron chi connectivity index (χ2n) is 4.12. The van der Waals surface area contributed by atoms with Gasteiger partial charge in [0.15, 0.2) is 0 Å². The highest BCUT2D eigenvalue weighted by molar-refractivity contribution is 5.94. The number of rotatable bonds is 6. The number of anilines is 1. The Labute approximate surface area is 106 Å². The summed E-state index contributed by atoms with van der Waals surface area (Å²) in [7, 11) is 0. The first-order valence-electron chi connectivity index (χ1n) is 5.68. The lowest BCUT2D eigenvalue weighted by molar-refractivity contribution is 0.0526. The second-order valence-corrected chi connectivity index (χ2v) is 4.12. The summed E-state index contributed by atoms with van der Waals surface area (Å²) in [5.41, 5.74) is -0.678. The van der Waals surface area contributed by atoms with Crippen molar-refractivity contribution in [2.75, 3.05) is 25.1 Å². The van der Waals surface area contributed by atoms with Gasteiger partial charge in [0.05, 0.1) is 25.4 Å². The topological polar surface area (TPSA) is 91.7 Å². The molecule has 18 heavy (non-hydrogen) atoms. The largest absolute Gasteiger partial charge is 0.462 e. The highest BCUT2D eigenvalue weighted by Gasteiger charge is 2.25. The van der Waals surface area contributed by atoms with Crippen LogP contribution in [0, 0.1) is 0 Å². The molecule has 0 aliphatic carbocycles. The Bertz CT molecular complexity index is 405. The van der Waals surface area contributed by atoms with E-state index >= 15 is 0 Å². The van der Waals surface area contributed by atoms with Crippen molar-refractivity contribution in [3.8, 4) is 0 Å². The van der Waals surface area contributed by atoms with Crippen molar-refractivity contribution in [2.24, 2.45) is 0 Å². The van der Waals surface area contributed by atoms with Crippen LogP contribution in [0.15, 0.2) is 18.3 Å². The quantitative estimate of drug-likeness (QED) is 0.637. The Kier molecular flexibility index (Phi) is 5.06. The van der Waals surface area contributed by atoms with Crippen molar-refractivity contribution in [2.45, 2.75) is 19.4 Å². The highest BCUT2D eigenvalue weighted by atomic mass is 16.5. The summed E-state index contributed by atoms with van der Waals surface area (Å²) < 4.78 is 4.91. The van der Waals surface area contributed by atoms with Crippen molar-refractivity contribution in [1.29, 1.82) is 0 Å². The molecule has 0 atom stereocenters. The molecule has 0 aromatic carbocycles. The minimum absolute atomic E-state index is 0.268. The predicted molar refractivity (Wildman–Crippen MR) is 66.4 cm³/mol. The molecule has 100 valence electrons. The molecule has 0 saturated carbocycles. The fourth-order valence-electron chi connectivity index (χ4n) is 1.29. The third kappa shape index (κ3) is 3.41. The number of carbonyl (C=O) groups is 1. The molecule has 0 bridgehead atoms. The number of hydrogen-bond acceptors (Lipinski definition) is 6. The van der Waals surface area contributed by atoms with E-state index in [1.54, 1.807) is 26.0 Å². The Morgan fingerprint density at radius 3 is 2.72 bits per heavy atom. The van der Waals surface area contributed by atoms with E-state index < -0.39 is 11.5 Å². The van der Waals surface area contributed by atoms with E-state index in [9.17, 15) is 15.0 Å². The van der Waals surface area contributed by atoms with E-state index in [2.05, 4.69) is 10.3 Å². The summed E-state index contributed by atoms with van der Waals surface area (Å²) in [6.45, 7) is 3.03. The molecule has 0 spiro atoms. The average molecular weight is 254 g/mol. The average Bonchev–Trinajstić information content (AvgIpc) is 2.39. The van der Waals surface area contributed by atoms with Crippen LogP contribution in [0.5, 0.6) is 0 Å². The van der Waals surface area contributed by atoms with Crippen LogP contribution in [-0.2, 0) is 4.74 Å². The van der Waals surface area contributed by atoms with Gasteiger partial charge in [0, 0.05) is 6.20 Å². The third-order valence-corrected chi connectivity index (χ3v) is 2.42. The van der Waals surface area contributed by atoms with Gasteiger partial charge in [-0.3, -0.25) is 0 Å². The van der Waals surface area contributed by atoms with Crippen molar-refractivity contribution in [1.82, 2.24) is 4.98 Å². The monoisotopic (exact) mass is 254 g/mol. The Hall–Kier alpha value is -1.66. The first kappa shape index (κ1) is 14.4. The van der Waals surface area contributed by atoms with E-state index in [1.165, 1.54) is 6.20 Å². The molecule has 0 aliphatic heterocycles. The van der Waals surface area contributed by atoms with Crippen LogP contribution < -0.4 is 5.32 Å². The second kappa shape index (κ2) is 6.32. The van der Waals surface area contributed by atoms with Crippen LogP contribution in [-0.4, -0.2) is 46.5 Å². The molecule has 0 amide bonds. The SMILES string of the molecule is CCOC(=O)c1cccnc1NC(C)(CO)CO. The van der Waals surface area contributed by atoms with E-state index in [1.807, 2.05) is 0 Å². The molecule has 0 radical (unpaired) electrons. The van der Waals surface area contributed by atoms with E-state index in [0.29, 0.717) is 0 Å². The van der Waals surface area contributed by atoms with Crippen LogP contribution in [0.2, 0.25) is 0 Å². The molecule has 6 nitrogen and oxygen atoms in total. The molecule has 0 fully saturated rings. The van der Waals surface area contributed by atoms with Gasteiger partial charge in [-0.1, -0.05) is 0 Å². The third-order valence-electron chi connectivity index (χ3n) is 2.42. The maximum absolute atomic E-state index is 11.7. The molecule has 1 aromatic heterocycles. The first-order valence-corrected chi connectivity index (χ1v) is 5.68. The number of pyridine rings is 1. The normalized spacial score (nSPS) is 11.1. The number of nitrogens with zero attached hydrogens (tertiary/aromatic N) is 1. The van der Waals surface area contributed by atoms with Crippen LogP contribution in [0.3, 0.4) is 0 Å². The molecular formula is C12H18N2O4. The van der Waals surface area contributed by atoms with Gasteiger partial charge in [-0.2, -0.15) is 0 Å². The summed E-state index contributed by atoms with van der Waals surface area (Å²) in [5.74, 6) is -0.215. The molecule has 1 heterocycles. The molecule has 0 unspecified atom stereocenters. The fraction of sp³-hybridized carbons (Fsp3) is 0.500. The number of aliphatic hydroxyl groups excluding tert-OH is 2. The number of aliphatic hydroxyl groups is 2. The molecule has 3 N–H and O–H groups in total. The Morgan fingerprint density at radius 2 is 2.17 bits per heavy atom. The van der Waals surface area contributed by atoms with Crippen LogP contribution in [0.1, 0.15) is 24.2 Å². The number of nitrogens with one attached hydrogen (secondary N) is 1. The zero-order valence-corrected chi connectivity index (χ0v) is 10.5. The zero-order valence-electron chi connectivity index (χ0n) is 10.5. The lowest BCUT2D eigenvalue weighted by atomic mass is 10.1. The summed E-state index contributed by atoms with van der Waals surface area (Å²) in [5, 5.41) is 21.3. The van der Waals surface area contributed by atoms with Crippen molar-refractivity contribution in [3.05, 3.63) is 23.9 Å². The molecule has 1 aromatic rings. The van der Waals surface area contributed by atoms with E-state index in [-0.39, 0.29) is 31.2 Å². The molecule has 6 heteroatoms. The summed E-state index contributed by atoms with van der Waals surface area (Å²) in [6, 6.07) is 3.19. The molecule has 1 rings (SSSR count). The minimum atomic E-state index is -0.949. The minimum Gasteiger partial charge on any atom is -0.462 e. The summed E-state index contributed by atoms with van der Waals surface area (Å²) >= 11 is 0.